The summed E-state index contributed by atoms with van der Waals surface area (Å²) in [7, 11) is -3.71. The molecule has 1 aromatic rings. The summed E-state index contributed by atoms with van der Waals surface area (Å²) >= 11 is 7.83. The minimum Gasteiger partial charge on any atom is -0.310 e. The summed E-state index contributed by atoms with van der Waals surface area (Å²) in [6.07, 6.45) is 1.37. The van der Waals surface area contributed by atoms with Crippen LogP contribution in [0, 0.1) is 3.57 Å². The number of hydrogen-bond donors (Lipinski definition) is 1. The van der Waals surface area contributed by atoms with Crippen LogP contribution in [0.1, 0.15) is 6.42 Å². The van der Waals surface area contributed by atoms with Crippen molar-refractivity contribution in [2.45, 2.75) is 11.7 Å². The van der Waals surface area contributed by atoms with Crippen molar-refractivity contribution in [2.24, 2.45) is 5.14 Å². The second-order valence-electron chi connectivity index (χ2n) is 3.85. The fourth-order valence-corrected chi connectivity index (χ4v) is 3.24. The van der Waals surface area contributed by atoms with Gasteiger partial charge >= 0.3 is 0 Å². The van der Waals surface area contributed by atoms with Crippen LogP contribution in [-0.2, 0) is 14.8 Å². The highest BCUT2D eigenvalue weighted by molar-refractivity contribution is 14.1. The smallest absolute Gasteiger partial charge is 0.228 e. The predicted molar refractivity (Wildman–Crippen MR) is 75.8 cm³/mol. The molecule has 18 heavy (non-hydrogen) atoms. The molecule has 0 spiro atoms. The number of carbonyl (C=O) groups excluding carboxylic acids is 1. The molecule has 1 saturated heterocycles. The Morgan fingerprint density at radius 2 is 2.22 bits per heavy atom. The second-order valence-corrected chi connectivity index (χ2v) is 7.14. The van der Waals surface area contributed by atoms with Gasteiger partial charge in [-0.1, -0.05) is 11.6 Å². The Balaban J connectivity index is 2.36. The zero-order valence-electron chi connectivity index (χ0n) is 9.01. The number of pyridine rings is 1. The summed E-state index contributed by atoms with van der Waals surface area (Å²) in [5.74, 6) is -0.283. The average molecular weight is 402 g/mol. The summed E-state index contributed by atoms with van der Waals surface area (Å²) in [5.41, 5.74) is 0.562. The van der Waals surface area contributed by atoms with Gasteiger partial charge in [-0.05, 0) is 28.7 Å². The fourth-order valence-electron chi connectivity index (χ4n) is 1.74. The van der Waals surface area contributed by atoms with Gasteiger partial charge in [0, 0.05) is 19.2 Å². The standard InChI is InChI=1S/C9H9ClIN3O3S/c10-9-8(11)6(1-2-13-9)14-4-5(3-7(14)15)18(12,16)17/h1-2,5H,3-4H2,(H2,12,16,17). The van der Waals surface area contributed by atoms with Gasteiger partial charge in [-0.2, -0.15) is 0 Å². The van der Waals surface area contributed by atoms with Crippen molar-refractivity contribution in [1.82, 2.24) is 4.98 Å². The van der Waals surface area contributed by atoms with E-state index in [4.69, 9.17) is 16.7 Å². The molecular weight excluding hydrogens is 393 g/mol. The zero-order valence-corrected chi connectivity index (χ0v) is 12.7. The van der Waals surface area contributed by atoms with Crippen LogP contribution >= 0.6 is 34.2 Å². The van der Waals surface area contributed by atoms with E-state index in [0.29, 0.717) is 9.26 Å². The van der Waals surface area contributed by atoms with Crippen LogP contribution in [0.2, 0.25) is 5.15 Å². The van der Waals surface area contributed by atoms with Gasteiger partial charge in [-0.15, -0.1) is 0 Å². The summed E-state index contributed by atoms with van der Waals surface area (Å²) in [5, 5.41) is 4.47. The lowest BCUT2D eigenvalue weighted by molar-refractivity contribution is -0.117. The lowest BCUT2D eigenvalue weighted by atomic mass is 10.3. The minimum atomic E-state index is -3.71. The molecule has 1 amide bonds. The second kappa shape index (κ2) is 4.91. The molecule has 6 nitrogen and oxygen atoms in total. The van der Waals surface area contributed by atoms with Gasteiger partial charge in [0.05, 0.1) is 9.26 Å². The normalized spacial score (nSPS) is 20.5. The molecule has 2 heterocycles. The van der Waals surface area contributed by atoms with Crippen molar-refractivity contribution < 1.29 is 13.2 Å². The first-order valence-electron chi connectivity index (χ1n) is 4.92. The monoisotopic (exact) mass is 401 g/mol. The maximum absolute atomic E-state index is 11.8. The Bertz CT molecular complexity index is 607. The number of primary sulfonamides is 1. The quantitative estimate of drug-likeness (QED) is 0.584. The molecule has 0 aromatic carbocycles. The van der Waals surface area contributed by atoms with Gasteiger partial charge < -0.3 is 4.90 Å². The van der Waals surface area contributed by atoms with Crippen molar-refractivity contribution in [3.63, 3.8) is 0 Å². The molecule has 2 N–H and O–H groups in total. The molecule has 0 aliphatic carbocycles. The molecule has 9 heteroatoms. The lowest BCUT2D eigenvalue weighted by Gasteiger charge is -2.18. The summed E-state index contributed by atoms with van der Waals surface area (Å²) in [6.45, 7) is 0.0496. The number of carbonyl (C=O) groups is 1. The van der Waals surface area contributed by atoms with E-state index in [1.807, 2.05) is 22.6 Å². The zero-order chi connectivity index (χ0) is 13.5. The number of nitrogens with zero attached hydrogens (tertiary/aromatic N) is 2. The molecule has 1 unspecified atom stereocenters. The number of hydrogen-bond acceptors (Lipinski definition) is 4. The van der Waals surface area contributed by atoms with Gasteiger partial charge in [0.1, 0.15) is 10.4 Å². The topological polar surface area (TPSA) is 93.4 Å². The Hall–Kier alpha value is -0.450. The minimum absolute atomic E-state index is 0.0496. The highest BCUT2D eigenvalue weighted by Crippen LogP contribution is 2.31. The average Bonchev–Trinajstić information content (AvgIpc) is 2.64. The molecular formula is C9H9ClIN3O3S. The maximum atomic E-state index is 11.8. The number of anilines is 1. The molecule has 1 aromatic heterocycles. The highest BCUT2D eigenvalue weighted by Gasteiger charge is 2.38. The predicted octanol–water partition coefficient (Wildman–Crippen LogP) is 0.733. The number of sulfonamides is 1. The van der Waals surface area contributed by atoms with E-state index >= 15 is 0 Å². The number of aromatic nitrogens is 1. The number of rotatable bonds is 2. The summed E-state index contributed by atoms with van der Waals surface area (Å²) in [6, 6.07) is 1.62. The van der Waals surface area contributed by atoms with Gasteiger partial charge in [-0.3, -0.25) is 4.79 Å². The van der Waals surface area contributed by atoms with Crippen LogP contribution < -0.4 is 10.0 Å². The Kier molecular flexibility index (Phi) is 3.81. The molecule has 1 atom stereocenters. The summed E-state index contributed by atoms with van der Waals surface area (Å²) < 4.78 is 23.1. The van der Waals surface area contributed by atoms with E-state index in [2.05, 4.69) is 4.98 Å². The molecule has 1 aliphatic heterocycles. The van der Waals surface area contributed by atoms with Crippen LogP contribution in [0.4, 0.5) is 5.69 Å². The van der Waals surface area contributed by atoms with E-state index in [-0.39, 0.29) is 24.0 Å². The summed E-state index contributed by atoms with van der Waals surface area (Å²) in [4.78, 5) is 17.1. The van der Waals surface area contributed by atoms with E-state index in [0.717, 1.165) is 0 Å². The lowest BCUT2D eigenvalue weighted by Crippen LogP contribution is -2.32. The van der Waals surface area contributed by atoms with Crippen LogP contribution in [0.25, 0.3) is 0 Å². The number of nitrogens with two attached hydrogens (primary N) is 1. The number of amides is 1. The van der Waals surface area contributed by atoms with E-state index in [1.54, 1.807) is 6.07 Å². The Labute approximate surface area is 123 Å². The first-order chi connectivity index (χ1) is 8.30. The Morgan fingerprint density at radius 1 is 1.56 bits per heavy atom. The third-order valence-electron chi connectivity index (χ3n) is 2.67. The maximum Gasteiger partial charge on any atom is 0.228 e. The SMILES string of the molecule is NS(=O)(=O)C1CC(=O)N(c2ccnc(Cl)c2I)C1. The number of halogens is 2. The molecule has 0 saturated carbocycles. The first kappa shape index (κ1) is 14.0. The van der Waals surface area contributed by atoms with Crippen molar-refractivity contribution in [2.75, 3.05) is 11.4 Å². The first-order valence-corrected chi connectivity index (χ1v) is 7.99. The molecule has 0 bridgehead atoms. The van der Waals surface area contributed by atoms with Gasteiger partial charge in [0.2, 0.25) is 15.9 Å². The van der Waals surface area contributed by atoms with Gasteiger partial charge in [0.15, 0.2) is 0 Å². The van der Waals surface area contributed by atoms with Crippen molar-refractivity contribution in [3.05, 3.63) is 21.0 Å². The molecule has 0 radical (unpaired) electrons. The van der Waals surface area contributed by atoms with E-state index in [9.17, 15) is 13.2 Å². The fraction of sp³-hybridized carbons (Fsp3) is 0.333. The van der Waals surface area contributed by atoms with Crippen LogP contribution in [0.5, 0.6) is 0 Å². The molecule has 1 aliphatic rings. The molecule has 1 fully saturated rings. The largest absolute Gasteiger partial charge is 0.310 e. The highest BCUT2D eigenvalue weighted by atomic mass is 127. The van der Waals surface area contributed by atoms with Crippen molar-refractivity contribution >= 4 is 55.8 Å². The van der Waals surface area contributed by atoms with Crippen LogP contribution in [0.3, 0.4) is 0 Å². The molecule has 2 rings (SSSR count). The van der Waals surface area contributed by atoms with Crippen LogP contribution in [-0.4, -0.2) is 31.1 Å². The van der Waals surface area contributed by atoms with E-state index in [1.165, 1.54) is 11.1 Å². The third kappa shape index (κ3) is 2.60. The molecule has 98 valence electrons. The van der Waals surface area contributed by atoms with Crippen molar-refractivity contribution in [1.29, 1.82) is 0 Å². The Morgan fingerprint density at radius 3 is 2.78 bits per heavy atom. The van der Waals surface area contributed by atoms with Gasteiger partial charge in [0.25, 0.3) is 0 Å². The van der Waals surface area contributed by atoms with E-state index < -0.39 is 15.3 Å². The van der Waals surface area contributed by atoms with Gasteiger partial charge in [-0.25, -0.2) is 18.5 Å². The third-order valence-corrected chi connectivity index (χ3v) is 5.59. The van der Waals surface area contributed by atoms with Crippen LogP contribution in [0.15, 0.2) is 12.3 Å². The van der Waals surface area contributed by atoms with Crippen molar-refractivity contribution in [3.8, 4) is 0 Å².